The standard InChI is InChI=1S/C14H27NOS2/c16-12-8-4-5-9-13-18-14(17)15-10-6-2-1-3-7-11-15/h16H,1-13H2. The van der Waals surface area contributed by atoms with Gasteiger partial charge in [0.2, 0.25) is 0 Å². The van der Waals surface area contributed by atoms with Gasteiger partial charge in [-0.05, 0) is 25.7 Å². The third-order valence-corrected chi connectivity index (χ3v) is 5.00. The van der Waals surface area contributed by atoms with Crippen LogP contribution in [0.2, 0.25) is 0 Å². The van der Waals surface area contributed by atoms with Crippen LogP contribution in [0.4, 0.5) is 0 Å². The monoisotopic (exact) mass is 289 g/mol. The molecule has 1 saturated heterocycles. The molecule has 1 heterocycles. The van der Waals surface area contributed by atoms with E-state index < -0.39 is 0 Å². The second kappa shape index (κ2) is 11.1. The van der Waals surface area contributed by atoms with Gasteiger partial charge >= 0.3 is 0 Å². The Morgan fingerprint density at radius 3 is 2.22 bits per heavy atom. The summed E-state index contributed by atoms with van der Waals surface area (Å²) in [6.45, 7) is 2.66. The Bertz CT molecular complexity index is 216. The van der Waals surface area contributed by atoms with E-state index in [1.165, 1.54) is 44.9 Å². The van der Waals surface area contributed by atoms with Gasteiger partial charge in [-0.25, -0.2) is 0 Å². The molecule has 0 bridgehead atoms. The van der Waals surface area contributed by atoms with Crippen LogP contribution in [0, 0.1) is 0 Å². The summed E-state index contributed by atoms with van der Waals surface area (Å²) in [5.74, 6) is 1.14. The summed E-state index contributed by atoms with van der Waals surface area (Å²) >= 11 is 7.38. The first-order valence-electron chi connectivity index (χ1n) is 7.37. The lowest BCUT2D eigenvalue weighted by Crippen LogP contribution is -2.30. The molecule has 0 aromatic heterocycles. The number of thiocarbonyl (C=S) groups is 1. The Hall–Kier alpha value is 0.200. The first kappa shape index (κ1) is 16.3. The highest BCUT2D eigenvalue weighted by Crippen LogP contribution is 2.17. The maximum atomic E-state index is 8.70. The van der Waals surface area contributed by atoms with E-state index in [0.29, 0.717) is 6.61 Å². The molecule has 0 aromatic rings. The van der Waals surface area contributed by atoms with E-state index in [0.717, 1.165) is 36.0 Å². The lowest BCUT2D eigenvalue weighted by Gasteiger charge is -2.26. The summed E-state index contributed by atoms with van der Waals surface area (Å²) in [7, 11) is 0. The van der Waals surface area contributed by atoms with Crippen molar-refractivity contribution in [3.63, 3.8) is 0 Å². The maximum absolute atomic E-state index is 8.70. The number of unbranched alkanes of at least 4 members (excludes halogenated alkanes) is 3. The molecule has 0 unspecified atom stereocenters. The largest absolute Gasteiger partial charge is 0.396 e. The van der Waals surface area contributed by atoms with Gasteiger partial charge in [0.05, 0.1) is 0 Å². The van der Waals surface area contributed by atoms with Gasteiger partial charge < -0.3 is 10.0 Å². The van der Waals surface area contributed by atoms with Crippen LogP contribution in [-0.4, -0.2) is 39.8 Å². The molecule has 106 valence electrons. The van der Waals surface area contributed by atoms with Crippen molar-refractivity contribution in [3.05, 3.63) is 0 Å². The number of hydrogen-bond acceptors (Lipinski definition) is 3. The predicted octanol–water partition coefficient (Wildman–Crippen LogP) is 3.82. The quantitative estimate of drug-likeness (QED) is 0.593. The predicted molar refractivity (Wildman–Crippen MR) is 85.3 cm³/mol. The van der Waals surface area contributed by atoms with E-state index in [1.807, 2.05) is 11.8 Å². The van der Waals surface area contributed by atoms with Gasteiger partial charge in [0, 0.05) is 25.4 Å². The van der Waals surface area contributed by atoms with Gasteiger partial charge in [-0.1, -0.05) is 56.1 Å². The molecule has 1 aliphatic rings. The van der Waals surface area contributed by atoms with Crippen molar-refractivity contribution in [2.45, 2.75) is 57.8 Å². The Morgan fingerprint density at radius 2 is 1.56 bits per heavy atom. The van der Waals surface area contributed by atoms with E-state index in [2.05, 4.69) is 4.90 Å². The minimum Gasteiger partial charge on any atom is -0.396 e. The molecule has 18 heavy (non-hydrogen) atoms. The molecule has 0 aliphatic carbocycles. The zero-order valence-electron chi connectivity index (χ0n) is 11.4. The summed E-state index contributed by atoms with van der Waals surface area (Å²) in [6, 6.07) is 0. The fourth-order valence-corrected chi connectivity index (χ4v) is 3.57. The number of rotatable bonds is 6. The van der Waals surface area contributed by atoms with Crippen molar-refractivity contribution >= 4 is 28.3 Å². The number of likely N-dealkylation sites (tertiary alicyclic amines) is 1. The van der Waals surface area contributed by atoms with Crippen molar-refractivity contribution in [1.29, 1.82) is 0 Å². The molecule has 0 atom stereocenters. The molecule has 2 nitrogen and oxygen atoms in total. The summed E-state index contributed by atoms with van der Waals surface area (Å²) in [5, 5.41) is 8.70. The minimum absolute atomic E-state index is 0.333. The molecule has 1 rings (SSSR count). The molecule has 0 saturated carbocycles. The van der Waals surface area contributed by atoms with E-state index in [4.69, 9.17) is 17.3 Å². The highest BCUT2D eigenvalue weighted by molar-refractivity contribution is 8.22. The van der Waals surface area contributed by atoms with Gasteiger partial charge in [-0.15, -0.1) is 0 Å². The molecular formula is C14H27NOS2. The van der Waals surface area contributed by atoms with Gasteiger partial charge in [-0.3, -0.25) is 0 Å². The van der Waals surface area contributed by atoms with Gasteiger partial charge in [0.25, 0.3) is 0 Å². The van der Waals surface area contributed by atoms with E-state index in [9.17, 15) is 0 Å². The maximum Gasteiger partial charge on any atom is 0.136 e. The topological polar surface area (TPSA) is 23.5 Å². The second-order valence-corrected chi connectivity index (χ2v) is 6.74. The normalized spacial score (nSPS) is 17.3. The summed E-state index contributed by atoms with van der Waals surface area (Å²) in [5.41, 5.74) is 0. The van der Waals surface area contributed by atoms with Crippen LogP contribution >= 0.6 is 24.0 Å². The smallest absolute Gasteiger partial charge is 0.136 e. The van der Waals surface area contributed by atoms with Crippen LogP contribution in [0.3, 0.4) is 0 Å². The highest BCUT2D eigenvalue weighted by atomic mass is 32.2. The Labute approximate surface area is 122 Å². The zero-order chi connectivity index (χ0) is 13.1. The Kier molecular flexibility index (Phi) is 9.99. The Balaban J connectivity index is 2.06. The molecule has 1 fully saturated rings. The number of aliphatic hydroxyl groups excluding tert-OH is 1. The molecule has 0 spiro atoms. The molecule has 0 aromatic carbocycles. The molecule has 4 heteroatoms. The SMILES string of the molecule is OCCCCCCSC(=S)N1CCCCCCC1. The van der Waals surface area contributed by atoms with E-state index in [1.54, 1.807) is 0 Å². The zero-order valence-corrected chi connectivity index (χ0v) is 13.0. The van der Waals surface area contributed by atoms with Gasteiger partial charge in [0.15, 0.2) is 0 Å². The summed E-state index contributed by atoms with van der Waals surface area (Å²) in [4.78, 5) is 2.41. The molecule has 0 amide bonds. The highest BCUT2D eigenvalue weighted by Gasteiger charge is 2.11. The lowest BCUT2D eigenvalue weighted by molar-refractivity contribution is 0.283. The second-order valence-electron chi connectivity index (χ2n) is 5.01. The van der Waals surface area contributed by atoms with Crippen LogP contribution in [0.25, 0.3) is 0 Å². The third-order valence-electron chi connectivity index (χ3n) is 3.39. The van der Waals surface area contributed by atoms with Gasteiger partial charge in [0.1, 0.15) is 4.32 Å². The van der Waals surface area contributed by atoms with E-state index >= 15 is 0 Å². The van der Waals surface area contributed by atoms with Crippen molar-refractivity contribution in [2.24, 2.45) is 0 Å². The average Bonchev–Trinajstić information content (AvgIpc) is 2.33. The number of thioether (sulfide) groups is 1. The molecular weight excluding hydrogens is 262 g/mol. The van der Waals surface area contributed by atoms with Gasteiger partial charge in [-0.2, -0.15) is 0 Å². The lowest BCUT2D eigenvalue weighted by atomic mass is 10.1. The van der Waals surface area contributed by atoms with Crippen molar-refractivity contribution in [1.82, 2.24) is 4.90 Å². The van der Waals surface area contributed by atoms with Crippen molar-refractivity contribution in [3.8, 4) is 0 Å². The van der Waals surface area contributed by atoms with Crippen LogP contribution in [0.15, 0.2) is 0 Å². The minimum atomic E-state index is 0.333. The fraction of sp³-hybridized carbons (Fsp3) is 0.929. The Morgan fingerprint density at radius 1 is 0.944 bits per heavy atom. The number of aliphatic hydroxyl groups is 1. The number of nitrogens with zero attached hydrogens (tertiary/aromatic N) is 1. The van der Waals surface area contributed by atoms with Crippen LogP contribution < -0.4 is 0 Å². The van der Waals surface area contributed by atoms with E-state index in [-0.39, 0.29) is 0 Å². The number of hydrogen-bond donors (Lipinski definition) is 1. The average molecular weight is 290 g/mol. The molecule has 1 N–H and O–H groups in total. The third kappa shape index (κ3) is 7.59. The van der Waals surface area contributed by atoms with Crippen molar-refractivity contribution < 1.29 is 5.11 Å². The van der Waals surface area contributed by atoms with Crippen molar-refractivity contribution in [2.75, 3.05) is 25.4 Å². The summed E-state index contributed by atoms with van der Waals surface area (Å²) in [6.07, 6.45) is 11.3. The molecule has 1 aliphatic heterocycles. The molecule has 0 radical (unpaired) electrons. The van der Waals surface area contributed by atoms with Crippen LogP contribution in [-0.2, 0) is 0 Å². The first-order valence-corrected chi connectivity index (χ1v) is 8.76. The first-order chi connectivity index (χ1) is 8.84. The van der Waals surface area contributed by atoms with Crippen LogP contribution in [0.5, 0.6) is 0 Å². The fourth-order valence-electron chi connectivity index (χ4n) is 2.25. The summed E-state index contributed by atoms with van der Waals surface area (Å²) < 4.78 is 1.11. The van der Waals surface area contributed by atoms with Crippen LogP contribution in [0.1, 0.15) is 57.8 Å².